The molecule has 0 saturated carbocycles. The predicted molar refractivity (Wildman–Crippen MR) is 265 cm³/mol. The first-order valence-electron chi connectivity index (χ1n) is 21.3. The Labute approximate surface area is 367 Å². The van der Waals surface area contributed by atoms with Crippen LogP contribution in [0.4, 0.5) is 0 Å². The van der Waals surface area contributed by atoms with Gasteiger partial charge in [-0.05, 0) is 48.5 Å². The second-order valence-corrected chi connectivity index (χ2v) is 17.1. The van der Waals surface area contributed by atoms with Crippen molar-refractivity contribution in [1.82, 2.24) is 19.1 Å². The minimum Gasteiger partial charge on any atom is -0.309 e. The van der Waals surface area contributed by atoms with E-state index in [1.54, 1.807) is 0 Å². The molecular formula is C58H36N4S. The van der Waals surface area contributed by atoms with Crippen molar-refractivity contribution in [3.63, 3.8) is 0 Å². The number of hydrogen-bond acceptors (Lipinski definition) is 3. The van der Waals surface area contributed by atoms with Gasteiger partial charge in [0.25, 0.3) is 0 Å². The van der Waals surface area contributed by atoms with Gasteiger partial charge in [0.1, 0.15) is 0 Å². The Bertz CT molecular complexity index is 3800. The van der Waals surface area contributed by atoms with Crippen LogP contribution in [0.15, 0.2) is 218 Å². The predicted octanol–water partition coefficient (Wildman–Crippen LogP) is 15.7. The molecule has 0 N–H and O–H groups in total. The van der Waals surface area contributed by atoms with E-state index in [0.29, 0.717) is 5.82 Å². The second kappa shape index (κ2) is 14.2. The topological polar surface area (TPSA) is 35.6 Å². The van der Waals surface area contributed by atoms with Crippen LogP contribution < -0.4 is 0 Å². The highest BCUT2D eigenvalue weighted by Crippen LogP contribution is 2.47. The molecule has 0 bridgehead atoms. The van der Waals surface area contributed by atoms with Gasteiger partial charge in [0.05, 0.1) is 44.8 Å². The molecule has 294 valence electrons. The first-order valence-corrected chi connectivity index (χ1v) is 22.2. The molecule has 0 radical (unpaired) electrons. The van der Waals surface area contributed by atoms with Crippen molar-refractivity contribution < 1.29 is 0 Å². The van der Waals surface area contributed by atoms with Crippen molar-refractivity contribution in [2.75, 3.05) is 0 Å². The molecule has 13 rings (SSSR count). The summed E-state index contributed by atoms with van der Waals surface area (Å²) < 4.78 is 7.52. The third kappa shape index (κ3) is 5.53. The molecule has 63 heavy (non-hydrogen) atoms. The minimum atomic E-state index is 0.664. The average molecular weight is 821 g/mol. The van der Waals surface area contributed by atoms with Gasteiger partial charge in [-0.3, -0.25) is 0 Å². The summed E-state index contributed by atoms with van der Waals surface area (Å²) in [5, 5.41) is 7.52. The fourth-order valence-electron chi connectivity index (χ4n) is 9.83. The lowest BCUT2D eigenvalue weighted by molar-refractivity contribution is 1.15. The van der Waals surface area contributed by atoms with Gasteiger partial charge in [-0.1, -0.05) is 170 Å². The van der Waals surface area contributed by atoms with Gasteiger partial charge in [0.2, 0.25) is 0 Å². The van der Waals surface area contributed by atoms with Gasteiger partial charge >= 0.3 is 0 Å². The van der Waals surface area contributed by atoms with Crippen LogP contribution in [-0.2, 0) is 0 Å². The molecular weight excluding hydrogens is 785 g/mol. The van der Waals surface area contributed by atoms with Gasteiger partial charge in [-0.25, -0.2) is 9.97 Å². The van der Waals surface area contributed by atoms with Crippen molar-refractivity contribution in [3.05, 3.63) is 218 Å². The van der Waals surface area contributed by atoms with Crippen LogP contribution in [0.5, 0.6) is 0 Å². The monoisotopic (exact) mass is 820 g/mol. The first-order chi connectivity index (χ1) is 31.3. The summed E-state index contributed by atoms with van der Waals surface area (Å²) in [6, 6.07) is 78.3. The molecule has 5 heteroatoms. The molecule has 0 amide bonds. The Balaban J connectivity index is 1.18. The zero-order valence-electron chi connectivity index (χ0n) is 34.0. The smallest absolute Gasteiger partial charge is 0.161 e. The largest absolute Gasteiger partial charge is 0.309 e. The highest BCUT2D eigenvalue weighted by molar-refractivity contribution is 7.26. The Kier molecular flexibility index (Phi) is 8.05. The van der Waals surface area contributed by atoms with E-state index in [4.69, 9.17) is 9.97 Å². The lowest BCUT2D eigenvalue weighted by Gasteiger charge is -2.21. The van der Waals surface area contributed by atoms with Gasteiger partial charge in [0.15, 0.2) is 5.82 Å². The van der Waals surface area contributed by atoms with Gasteiger partial charge in [0, 0.05) is 69.5 Å². The van der Waals surface area contributed by atoms with E-state index in [-0.39, 0.29) is 0 Å². The number of benzene rings is 9. The van der Waals surface area contributed by atoms with E-state index in [1.165, 1.54) is 41.7 Å². The van der Waals surface area contributed by atoms with Crippen LogP contribution in [0.3, 0.4) is 0 Å². The number of para-hydroxylation sites is 4. The summed E-state index contributed by atoms with van der Waals surface area (Å²) in [5.74, 6) is 0.664. The summed E-state index contributed by atoms with van der Waals surface area (Å²) >= 11 is 1.88. The van der Waals surface area contributed by atoms with Crippen LogP contribution in [0.25, 0.3) is 120 Å². The average Bonchev–Trinajstić information content (AvgIpc) is 4.02. The normalized spacial score (nSPS) is 11.8. The number of rotatable bonds is 6. The molecule has 0 fully saturated rings. The molecule has 0 aliphatic heterocycles. The Hall–Kier alpha value is -8.12. The van der Waals surface area contributed by atoms with Crippen LogP contribution in [-0.4, -0.2) is 19.1 Å². The number of fused-ring (bicyclic) bond motifs is 10. The summed E-state index contributed by atoms with van der Waals surface area (Å²) in [6.07, 6.45) is 0. The number of hydrogen-bond donors (Lipinski definition) is 0. The van der Waals surface area contributed by atoms with E-state index in [9.17, 15) is 0 Å². The summed E-state index contributed by atoms with van der Waals surface area (Å²) in [6.45, 7) is 0. The number of aromatic nitrogens is 4. The van der Waals surface area contributed by atoms with Crippen molar-refractivity contribution in [3.8, 4) is 56.4 Å². The molecule has 0 aliphatic carbocycles. The van der Waals surface area contributed by atoms with Crippen LogP contribution in [0.1, 0.15) is 0 Å². The maximum absolute atomic E-state index is 5.46. The Morgan fingerprint density at radius 2 is 0.857 bits per heavy atom. The van der Waals surface area contributed by atoms with E-state index in [1.807, 2.05) is 11.3 Å². The maximum atomic E-state index is 5.46. The molecule has 0 spiro atoms. The molecule has 4 heterocycles. The Morgan fingerprint density at radius 1 is 0.349 bits per heavy atom. The molecule has 0 unspecified atom stereocenters. The number of nitrogens with zero attached hydrogens (tertiary/aromatic N) is 4. The van der Waals surface area contributed by atoms with E-state index in [2.05, 4.69) is 228 Å². The third-order valence-corrected chi connectivity index (χ3v) is 13.8. The zero-order valence-corrected chi connectivity index (χ0v) is 34.8. The summed E-state index contributed by atoms with van der Waals surface area (Å²) in [7, 11) is 0. The summed E-state index contributed by atoms with van der Waals surface area (Å²) in [4.78, 5) is 10.9. The fraction of sp³-hybridized carbons (Fsp3) is 0. The molecule has 13 aromatic rings. The lowest BCUT2D eigenvalue weighted by Crippen LogP contribution is -2.04. The molecule has 9 aromatic carbocycles. The van der Waals surface area contributed by atoms with Crippen LogP contribution >= 0.6 is 11.3 Å². The standard InChI is InChI=1S/C58H36N4S/c1-3-18-37(19-4-1)46-36-47(38-20-5-2-6-21-38)60-58(59-46)45-27-17-32-52(55(45)43-25-9-14-30-50(43)61-48-28-12-7-22-39(48)40-23-8-13-29-49(40)61)62-51-31-15-10-26-44(51)56-53(62)35-34-42-41-24-11-16-33-54(41)63-57(42)56/h1-36H. The van der Waals surface area contributed by atoms with E-state index < -0.39 is 0 Å². The van der Waals surface area contributed by atoms with Gasteiger partial charge < -0.3 is 9.13 Å². The Morgan fingerprint density at radius 3 is 1.54 bits per heavy atom. The lowest BCUT2D eigenvalue weighted by atomic mass is 9.94. The van der Waals surface area contributed by atoms with Crippen molar-refractivity contribution in [2.45, 2.75) is 0 Å². The SMILES string of the molecule is c1ccc(-c2cc(-c3ccccc3)nc(-c3cccc(-n4c5ccccc5c5c6sc7ccccc7c6ccc54)c3-c3ccccc3-n3c4ccccc4c4ccccc43)n2)cc1. The highest BCUT2D eigenvalue weighted by Gasteiger charge is 2.25. The maximum Gasteiger partial charge on any atom is 0.161 e. The van der Waals surface area contributed by atoms with Crippen molar-refractivity contribution in [2.24, 2.45) is 0 Å². The first kappa shape index (κ1) is 35.6. The fourth-order valence-corrected chi connectivity index (χ4v) is 11.1. The molecule has 0 saturated heterocycles. The molecule has 0 aliphatic rings. The third-order valence-electron chi connectivity index (χ3n) is 12.6. The number of thiophene rings is 1. The van der Waals surface area contributed by atoms with E-state index in [0.717, 1.165) is 72.6 Å². The molecule has 0 atom stereocenters. The van der Waals surface area contributed by atoms with Crippen molar-refractivity contribution in [1.29, 1.82) is 0 Å². The zero-order chi connectivity index (χ0) is 41.4. The minimum absolute atomic E-state index is 0.664. The van der Waals surface area contributed by atoms with Crippen molar-refractivity contribution >= 4 is 75.1 Å². The van der Waals surface area contributed by atoms with Crippen LogP contribution in [0, 0.1) is 0 Å². The summed E-state index contributed by atoms with van der Waals surface area (Å²) in [5.41, 5.74) is 13.7. The van der Waals surface area contributed by atoms with Gasteiger partial charge in [-0.2, -0.15) is 0 Å². The highest BCUT2D eigenvalue weighted by atomic mass is 32.1. The second-order valence-electron chi connectivity index (χ2n) is 16.1. The quantitative estimate of drug-likeness (QED) is 0.167. The molecule has 4 aromatic heterocycles. The van der Waals surface area contributed by atoms with E-state index >= 15 is 0 Å². The molecule has 4 nitrogen and oxygen atoms in total. The van der Waals surface area contributed by atoms with Crippen LogP contribution in [0.2, 0.25) is 0 Å². The van der Waals surface area contributed by atoms with Gasteiger partial charge in [-0.15, -0.1) is 11.3 Å².